The molecule has 2 aliphatic rings. The number of aliphatic carboxylic acids is 1. The first-order valence-electron chi connectivity index (χ1n) is 13.0. The first-order chi connectivity index (χ1) is 18.7. The topological polar surface area (TPSA) is 135 Å². The van der Waals surface area contributed by atoms with Gasteiger partial charge in [-0.25, -0.2) is 14.4 Å². The molecule has 2 aliphatic carbocycles. The van der Waals surface area contributed by atoms with E-state index in [0.717, 1.165) is 29.8 Å². The number of nitrogens with one attached hydrogen (secondary N) is 1. The summed E-state index contributed by atoms with van der Waals surface area (Å²) in [5, 5.41) is 23.5. The monoisotopic (exact) mass is 531 g/mol. The molecule has 6 rings (SSSR count). The number of methoxy groups -OCH3 is 1. The Morgan fingerprint density at radius 1 is 1.21 bits per heavy atom. The average Bonchev–Trinajstić information content (AvgIpc) is 3.64. The lowest BCUT2D eigenvalue weighted by Crippen LogP contribution is -2.25. The number of halogens is 1. The predicted octanol–water partition coefficient (Wildman–Crippen LogP) is 4.19. The minimum atomic E-state index is -1.11. The zero-order chi connectivity index (χ0) is 27.4. The van der Waals surface area contributed by atoms with Crippen molar-refractivity contribution < 1.29 is 24.1 Å². The molecule has 0 saturated heterocycles. The van der Waals surface area contributed by atoms with Gasteiger partial charge in [-0.05, 0) is 55.9 Å². The molecule has 5 N–H and O–H groups in total. The van der Waals surface area contributed by atoms with Crippen LogP contribution in [0.1, 0.15) is 55.3 Å². The maximum absolute atomic E-state index is 13.7. The molecule has 202 valence electrons. The standard InChI is InChI=1S/C29H30FN5O4/c1-39-21-7-6-19(30)14-20(21)25(36)33-15-17-2-4-18(5-3-17)22-23-24(31)32-12-13-35(23)26(34-22)28-8-10-29(16-28,11-9-28)27(37)38/h2-7,12-14,25,33,36H,8-11,15-16H2,1H3,(H2,31,32)(H,37,38). The molecular weight excluding hydrogens is 501 g/mol. The number of carboxylic acids is 1. The van der Waals surface area contributed by atoms with E-state index < -0.39 is 23.4 Å². The third kappa shape index (κ3) is 4.11. The highest BCUT2D eigenvalue weighted by molar-refractivity contribution is 5.85. The molecule has 0 amide bonds. The van der Waals surface area contributed by atoms with Crippen LogP contribution in [0, 0.1) is 11.2 Å². The van der Waals surface area contributed by atoms with Gasteiger partial charge in [-0.15, -0.1) is 0 Å². The first kappa shape index (κ1) is 25.3. The fourth-order valence-corrected chi connectivity index (χ4v) is 6.46. The van der Waals surface area contributed by atoms with E-state index >= 15 is 0 Å². The molecule has 0 aliphatic heterocycles. The van der Waals surface area contributed by atoms with Gasteiger partial charge in [0.1, 0.15) is 40.6 Å². The number of nitrogens with zero attached hydrogens (tertiary/aromatic N) is 3. The summed E-state index contributed by atoms with van der Waals surface area (Å²) >= 11 is 0. The maximum Gasteiger partial charge on any atom is 0.309 e. The van der Waals surface area contributed by atoms with Crippen molar-refractivity contribution in [3.05, 3.63) is 77.6 Å². The van der Waals surface area contributed by atoms with E-state index in [1.165, 1.54) is 25.3 Å². The van der Waals surface area contributed by atoms with Crippen LogP contribution in [0.15, 0.2) is 54.9 Å². The van der Waals surface area contributed by atoms with Crippen molar-refractivity contribution in [3.8, 4) is 17.0 Å². The molecule has 2 heterocycles. The van der Waals surface area contributed by atoms with Gasteiger partial charge in [0.2, 0.25) is 0 Å². The van der Waals surface area contributed by atoms with Crippen LogP contribution in [0.3, 0.4) is 0 Å². The predicted molar refractivity (Wildman–Crippen MR) is 142 cm³/mol. The summed E-state index contributed by atoms with van der Waals surface area (Å²) in [6.45, 7) is 0.334. The van der Waals surface area contributed by atoms with E-state index in [1.807, 2.05) is 34.9 Å². The van der Waals surface area contributed by atoms with E-state index in [1.54, 1.807) is 6.20 Å². The van der Waals surface area contributed by atoms with Crippen molar-refractivity contribution >= 4 is 17.3 Å². The zero-order valence-corrected chi connectivity index (χ0v) is 21.5. The first-order valence-corrected chi connectivity index (χ1v) is 13.0. The fraction of sp³-hybridized carbons (Fsp3) is 0.345. The SMILES string of the molecule is COc1ccc(F)cc1C(O)NCc1ccc(-c2nc(C34CCC(C(=O)O)(CC3)C4)n3ccnc(N)c23)cc1. The van der Waals surface area contributed by atoms with Gasteiger partial charge >= 0.3 is 5.97 Å². The van der Waals surface area contributed by atoms with Gasteiger partial charge in [0.05, 0.1) is 12.5 Å². The number of imidazole rings is 1. The summed E-state index contributed by atoms with van der Waals surface area (Å²) in [4.78, 5) is 21.4. The van der Waals surface area contributed by atoms with Gasteiger partial charge in [0.25, 0.3) is 0 Å². The van der Waals surface area contributed by atoms with Crippen LogP contribution in [0.25, 0.3) is 16.8 Å². The summed E-state index contributed by atoms with van der Waals surface area (Å²) in [7, 11) is 1.47. The Bertz CT molecular complexity index is 1560. The molecule has 0 radical (unpaired) electrons. The van der Waals surface area contributed by atoms with Crippen LogP contribution in [0.5, 0.6) is 5.75 Å². The lowest BCUT2D eigenvalue weighted by atomic mass is 9.81. The molecule has 1 atom stereocenters. The molecule has 4 aromatic rings. The summed E-state index contributed by atoms with van der Waals surface area (Å²) < 4.78 is 20.9. The van der Waals surface area contributed by atoms with Crippen LogP contribution in [0.4, 0.5) is 10.2 Å². The highest BCUT2D eigenvalue weighted by atomic mass is 19.1. The number of fused-ring (bicyclic) bond motifs is 3. The molecule has 9 nitrogen and oxygen atoms in total. The van der Waals surface area contributed by atoms with E-state index in [4.69, 9.17) is 15.5 Å². The Morgan fingerprint density at radius 2 is 1.95 bits per heavy atom. The highest BCUT2D eigenvalue weighted by Crippen LogP contribution is 2.62. The molecule has 2 aromatic carbocycles. The summed E-state index contributed by atoms with van der Waals surface area (Å²) in [6, 6.07) is 11.7. The number of rotatable bonds is 8. The molecule has 2 bridgehead atoms. The van der Waals surface area contributed by atoms with Crippen molar-refractivity contribution in [1.29, 1.82) is 0 Å². The maximum atomic E-state index is 13.7. The number of hydrogen-bond donors (Lipinski definition) is 4. The van der Waals surface area contributed by atoms with Crippen molar-refractivity contribution in [2.45, 2.75) is 50.3 Å². The number of aliphatic hydroxyl groups excluding tert-OH is 1. The number of anilines is 1. The number of aliphatic hydroxyl groups is 1. The third-order valence-electron chi connectivity index (χ3n) is 8.57. The number of nitrogen functional groups attached to an aromatic ring is 1. The minimum Gasteiger partial charge on any atom is -0.496 e. The van der Waals surface area contributed by atoms with Gasteiger partial charge in [-0.3, -0.25) is 14.5 Å². The van der Waals surface area contributed by atoms with Gasteiger partial charge in [-0.2, -0.15) is 0 Å². The molecule has 1 unspecified atom stereocenters. The Labute approximate surface area is 224 Å². The van der Waals surface area contributed by atoms with Gasteiger partial charge in [0, 0.05) is 35.5 Å². The molecule has 39 heavy (non-hydrogen) atoms. The Kier molecular flexibility index (Phi) is 6.04. The second kappa shape index (κ2) is 9.32. The third-order valence-corrected chi connectivity index (χ3v) is 8.57. The van der Waals surface area contributed by atoms with E-state index in [0.29, 0.717) is 54.1 Å². The zero-order valence-electron chi connectivity index (χ0n) is 21.5. The molecular formula is C29H30FN5O4. The van der Waals surface area contributed by atoms with Crippen LogP contribution in [0.2, 0.25) is 0 Å². The van der Waals surface area contributed by atoms with Crippen molar-refractivity contribution in [2.75, 3.05) is 12.8 Å². The second-order valence-electron chi connectivity index (χ2n) is 10.7. The lowest BCUT2D eigenvalue weighted by Gasteiger charge is -2.25. The van der Waals surface area contributed by atoms with Gasteiger partial charge in [0.15, 0.2) is 0 Å². The van der Waals surface area contributed by atoms with Gasteiger partial charge < -0.3 is 20.7 Å². The van der Waals surface area contributed by atoms with Gasteiger partial charge in [-0.1, -0.05) is 24.3 Å². The number of aromatic nitrogens is 3. The number of carbonyl (C=O) groups is 1. The number of benzene rings is 2. The fourth-order valence-electron chi connectivity index (χ4n) is 6.46. The highest BCUT2D eigenvalue weighted by Gasteiger charge is 2.60. The molecule has 2 saturated carbocycles. The smallest absolute Gasteiger partial charge is 0.309 e. The van der Waals surface area contributed by atoms with Crippen LogP contribution in [-0.2, 0) is 16.8 Å². The van der Waals surface area contributed by atoms with Crippen molar-refractivity contribution in [2.24, 2.45) is 5.41 Å². The van der Waals surface area contributed by atoms with Crippen molar-refractivity contribution in [3.63, 3.8) is 0 Å². The Hall–Kier alpha value is -4.02. The summed E-state index contributed by atoms with van der Waals surface area (Å²) in [6.07, 6.45) is 5.84. The molecule has 2 fully saturated rings. The molecule has 10 heteroatoms. The van der Waals surface area contributed by atoms with Crippen LogP contribution >= 0.6 is 0 Å². The lowest BCUT2D eigenvalue weighted by molar-refractivity contribution is -0.148. The van der Waals surface area contributed by atoms with E-state index in [-0.39, 0.29) is 5.41 Å². The second-order valence-corrected chi connectivity index (χ2v) is 10.7. The average molecular weight is 532 g/mol. The van der Waals surface area contributed by atoms with E-state index in [9.17, 15) is 19.4 Å². The van der Waals surface area contributed by atoms with Crippen LogP contribution < -0.4 is 15.8 Å². The number of nitrogens with two attached hydrogens (primary N) is 1. The van der Waals surface area contributed by atoms with E-state index in [2.05, 4.69) is 10.3 Å². The number of hydrogen-bond acceptors (Lipinski definition) is 7. The summed E-state index contributed by atoms with van der Waals surface area (Å²) in [5.74, 6) is 0.431. The Balaban J connectivity index is 1.28. The minimum absolute atomic E-state index is 0.300. The van der Waals surface area contributed by atoms with Crippen molar-refractivity contribution in [1.82, 2.24) is 19.7 Å². The number of carboxylic acid groups (broad SMARTS) is 1. The normalized spacial score (nSPS) is 22.8. The molecule has 0 spiro atoms. The molecule has 2 aromatic heterocycles. The Morgan fingerprint density at radius 3 is 2.62 bits per heavy atom. The quantitative estimate of drug-likeness (QED) is 0.249. The largest absolute Gasteiger partial charge is 0.496 e. The summed E-state index contributed by atoms with van der Waals surface area (Å²) in [5.41, 5.74) is 8.85. The number of ether oxygens (including phenoxy) is 1. The van der Waals surface area contributed by atoms with Crippen LogP contribution in [-0.4, -0.2) is 37.7 Å².